The van der Waals surface area contributed by atoms with Crippen molar-refractivity contribution >= 4 is 39.7 Å². The van der Waals surface area contributed by atoms with Crippen molar-refractivity contribution in [3.8, 4) is 11.8 Å². The van der Waals surface area contributed by atoms with Gasteiger partial charge in [-0.1, -0.05) is 12.1 Å². The van der Waals surface area contributed by atoms with E-state index in [-0.39, 0.29) is 25.0 Å². The largest absolute Gasteiger partial charge is 0.508 e. The monoisotopic (exact) mass is 497 g/mol. The first-order chi connectivity index (χ1) is 16.6. The number of carbonyl (C=O) groups excluding carboxylic acids is 2. The quantitative estimate of drug-likeness (QED) is 0.442. The summed E-state index contributed by atoms with van der Waals surface area (Å²) < 4.78 is 15.8. The number of aryl methyl sites for hydroxylation is 1. The highest BCUT2D eigenvalue weighted by Gasteiger charge is 2.29. The number of benzene rings is 1. The summed E-state index contributed by atoms with van der Waals surface area (Å²) in [6, 6.07) is 9.83. The Morgan fingerprint density at radius 2 is 2.24 bits per heavy atom. The smallest absolute Gasteiger partial charge is 0.497 e. The van der Waals surface area contributed by atoms with Gasteiger partial charge in [0.1, 0.15) is 29.5 Å². The van der Waals surface area contributed by atoms with Crippen molar-refractivity contribution in [3.05, 3.63) is 62.4 Å². The van der Waals surface area contributed by atoms with Gasteiger partial charge in [-0.15, -0.1) is 22.7 Å². The number of carbonyl (C=O) groups is 2. The average molecular weight is 498 g/mol. The number of nitrogens with zero attached hydrogens (tertiary/aromatic N) is 2. The van der Waals surface area contributed by atoms with Crippen LogP contribution in [0.3, 0.4) is 0 Å². The lowest BCUT2D eigenvalue weighted by Gasteiger charge is -2.21. The topological polar surface area (TPSA) is 111 Å². The molecule has 0 aliphatic heterocycles. The van der Waals surface area contributed by atoms with Gasteiger partial charge in [-0.3, -0.25) is 9.78 Å². The summed E-state index contributed by atoms with van der Waals surface area (Å²) in [5.41, 5.74) is 4.10. The molecule has 1 atom stereocenters. The molecule has 1 N–H and O–H groups in total. The summed E-state index contributed by atoms with van der Waals surface area (Å²) in [6.45, 7) is 0.130. The number of aromatic nitrogens is 1. The van der Waals surface area contributed by atoms with Gasteiger partial charge in [0.15, 0.2) is 0 Å². The van der Waals surface area contributed by atoms with Crippen LogP contribution in [0.1, 0.15) is 39.3 Å². The first-order valence-electron chi connectivity index (χ1n) is 10.7. The lowest BCUT2D eigenvalue weighted by atomic mass is 9.94. The Hall–Kier alpha value is -3.42. The molecule has 0 saturated heterocycles. The van der Waals surface area contributed by atoms with Crippen molar-refractivity contribution < 1.29 is 23.8 Å². The van der Waals surface area contributed by atoms with Crippen molar-refractivity contribution in [2.45, 2.75) is 44.8 Å². The summed E-state index contributed by atoms with van der Waals surface area (Å²) in [5.74, 6) is 0.595. The number of ether oxygens (including phenoxy) is 3. The van der Waals surface area contributed by atoms with Gasteiger partial charge in [0.25, 0.3) is 0 Å². The van der Waals surface area contributed by atoms with E-state index >= 15 is 0 Å². The fourth-order valence-corrected chi connectivity index (χ4v) is 5.54. The van der Waals surface area contributed by atoms with E-state index in [2.05, 4.69) is 16.4 Å². The molecule has 0 saturated carbocycles. The lowest BCUT2D eigenvalue weighted by Crippen LogP contribution is -2.25. The van der Waals surface area contributed by atoms with Gasteiger partial charge in [0.2, 0.25) is 5.91 Å². The third kappa shape index (κ3) is 5.92. The number of fused-ring (bicyclic) bond motifs is 1. The number of thiophene rings is 1. The number of hydrogen-bond acceptors (Lipinski definition) is 9. The van der Waals surface area contributed by atoms with Gasteiger partial charge < -0.3 is 19.5 Å². The molecule has 1 amide bonds. The normalized spacial score (nSPS) is 14.5. The SMILES string of the molecule is COc1cccc(CCC(=O)Nc2sc3c(c2C#N)CCC(OC(=O)OCc2cncs2)C3)c1. The van der Waals surface area contributed by atoms with Gasteiger partial charge in [-0.05, 0) is 42.5 Å². The van der Waals surface area contributed by atoms with Crippen molar-refractivity contribution in [3.63, 3.8) is 0 Å². The molecule has 0 fully saturated rings. The van der Waals surface area contributed by atoms with E-state index in [1.807, 2.05) is 24.3 Å². The first kappa shape index (κ1) is 23.7. The highest BCUT2D eigenvalue weighted by atomic mass is 32.1. The number of amides is 1. The molecule has 0 radical (unpaired) electrons. The van der Waals surface area contributed by atoms with Gasteiger partial charge in [0.05, 0.1) is 23.1 Å². The third-order valence-corrected chi connectivity index (χ3v) is 7.36. The molecule has 4 rings (SSSR count). The maximum Gasteiger partial charge on any atom is 0.508 e. The van der Waals surface area contributed by atoms with Gasteiger partial charge in [0, 0.05) is 23.9 Å². The second-order valence-corrected chi connectivity index (χ2v) is 9.78. The summed E-state index contributed by atoms with van der Waals surface area (Å²) in [7, 11) is 1.61. The molecule has 1 unspecified atom stereocenters. The van der Waals surface area contributed by atoms with Crippen LogP contribution in [0.4, 0.5) is 9.80 Å². The molecule has 1 aliphatic carbocycles. The number of nitriles is 1. The van der Waals surface area contributed by atoms with Crippen LogP contribution >= 0.6 is 22.7 Å². The zero-order chi connectivity index (χ0) is 23.9. The van der Waals surface area contributed by atoms with Gasteiger partial charge in [-0.2, -0.15) is 5.26 Å². The third-order valence-electron chi connectivity index (χ3n) is 5.44. The molecule has 8 nitrogen and oxygen atoms in total. The number of anilines is 1. The van der Waals surface area contributed by atoms with E-state index in [1.54, 1.807) is 18.8 Å². The highest BCUT2D eigenvalue weighted by Crippen LogP contribution is 2.38. The van der Waals surface area contributed by atoms with Crippen LogP contribution in [0, 0.1) is 11.3 Å². The Morgan fingerprint density at radius 1 is 1.35 bits per heavy atom. The van der Waals surface area contributed by atoms with Crippen molar-refractivity contribution in [1.29, 1.82) is 5.26 Å². The molecule has 3 aromatic rings. The van der Waals surface area contributed by atoms with Gasteiger partial charge >= 0.3 is 6.16 Å². The van der Waals surface area contributed by atoms with E-state index < -0.39 is 6.16 Å². The molecule has 0 bridgehead atoms. The lowest BCUT2D eigenvalue weighted by molar-refractivity contribution is -0.116. The second-order valence-electron chi connectivity index (χ2n) is 7.71. The predicted molar refractivity (Wildman–Crippen MR) is 128 cm³/mol. The van der Waals surface area contributed by atoms with Crippen LogP contribution in [0.2, 0.25) is 0 Å². The minimum absolute atomic E-state index is 0.130. The van der Waals surface area contributed by atoms with Crippen LogP contribution in [-0.4, -0.2) is 30.3 Å². The number of hydrogen-bond donors (Lipinski definition) is 1. The van der Waals surface area contributed by atoms with E-state index in [0.717, 1.165) is 26.6 Å². The number of nitrogens with one attached hydrogen (secondary N) is 1. The van der Waals surface area contributed by atoms with Crippen LogP contribution in [-0.2, 0) is 40.1 Å². The standard InChI is InChI=1S/C24H23N3O5S2/c1-30-16-4-2-3-15(9-16)5-8-22(28)27-23-20(11-25)19-7-6-17(10-21(19)34-23)32-24(29)31-13-18-12-26-14-33-18/h2-4,9,12,14,17H,5-8,10,13H2,1H3,(H,27,28). The summed E-state index contributed by atoms with van der Waals surface area (Å²) >= 11 is 2.78. The molecule has 1 aromatic carbocycles. The van der Waals surface area contributed by atoms with Crippen molar-refractivity contribution in [2.75, 3.05) is 12.4 Å². The van der Waals surface area contributed by atoms with Crippen LogP contribution < -0.4 is 10.1 Å². The van der Waals surface area contributed by atoms with Gasteiger partial charge in [-0.25, -0.2) is 4.79 Å². The zero-order valence-corrected chi connectivity index (χ0v) is 20.2. The number of rotatable bonds is 8. The molecule has 0 spiro atoms. The van der Waals surface area contributed by atoms with Crippen molar-refractivity contribution in [1.82, 2.24) is 4.98 Å². The number of thiazole rings is 1. The summed E-state index contributed by atoms with van der Waals surface area (Å²) in [5, 5.41) is 13.1. The van der Waals surface area contributed by atoms with Crippen LogP contribution in [0.5, 0.6) is 5.75 Å². The number of methoxy groups -OCH3 is 1. The minimum Gasteiger partial charge on any atom is -0.497 e. The molecule has 1 aliphatic rings. The first-order valence-corrected chi connectivity index (χ1v) is 12.4. The van der Waals surface area contributed by atoms with Crippen LogP contribution in [0.25, 0.3) is 0 Å². The minimum atomic E-state index is -0.718. The second kappa shape index (κ2) is 11.1. The highest BCUT2D eigenvalue weighted by molar-refractivity contribution is 7.16. The molecule has 10 heteroatoms. The molecule has 176 valence electrons. The molecule has 2 heterocycles. The Bertz CT molecular complexity index is 1200. The molecular formula is C24H23N3O5S2. The Balaban J connectivity index is 1.33. The zero-order valence-electron chi connectivity index (χ0n) is 18.5. The van der Waals surface area contributed by atoms with Crippen molar-refractivity contribution in [2.24, 2.45) is 0 Å². The van der Waals surface area contributed by atoms with E-state index in [9.17, 15) is 14.9 Å². The average Bonchev–Trinajstić information content (AvgIpc) is 3.48. The van der Waals surface area contributed by atoms with E-state index in [4.69, 9.17) is 14.2 Å². The maximum absolute atomic E-state index is 12.6. The Morgan fingerprint density at radius 3 is 3.00 bits per heavy atom. The molecular weight excluding hydrogens is 474 g/mol. The molecule has 2 aromatic heterocycles. The molecule has 34 heavy (non-hydrogen) atoms. The fourth-order valence-electron chi connectivity index (χ4n) is 3.75. The summed E-state index contributed by atoms with van der Waals surface area (Å²) in [4.78, 5) is 30.3. The van der Waals surface area contributed by atoms with E-state index in [1.165, 1.54) is 22.7 Å². The summed E-state index contributed by atoms with van der Waals surface area (Å²) in [6.07, 6.45) is 3.14. The fraction of sp³-hybridized carbons (Fsp3) is 0.333. The maximum atomic E-state index is 12.6. The predicted octanol–water partition coefficient (Wildman–Crippen LogP) is 4.87. The van der Waals surface area contributed by atoms with Crippen LogP contribution in [0.15, 0.2) is 36.0 Å². The van der Waals surface area contributed by atoms with E-state index in [0.29, 0.717) is 36.2 Å². The Labute approximate surface area is 205 Å². The Kier molecular flexibility index (Phi) is 7.77.